The number of anilines is 1. The van der Waals surface area contributed by atoms with Gasteiger partial charge in [-0.3, -0.25) is 10.1 Å². The van der Waals surface area contributed by atoms with E-state index in [9.17, 15) is 9.18 Å². The van der Waals surface area contributed by atoms with Crippen LogP contribution < -0.4 is 5.32 Å². The van der Waals surface area contributed by atoms with Crippen LogP contribution in [-0.4, -0.2) is 22.6 Å². The van der Waals surface area contributed by atoms with Crippen molar-refractivity contribution < 1.29 is 14.3 Å². The molecule has 0 radical (unpaired) electrons. The van der Waals surface area contributed by atoms with Gasteiger partial charge in [0.25, 0.3) is 5.91 Å². The first kappa shape index (κ1) is 15.2. The van der Waals surface area contributed by atoms with Gasteiger partial charge in [0.05, 0.1) is 12.2 Å². The molecule has 0 fully saturated rings. The molecule has 0 saturated heterocycles. The molecular weight excluding hydrogens is 291 g/mol. The molecule has 0 aliphatic heterocycles. The highest BCUT2D eigenvalue weighted by Gasteiger charge is 2.13. The number of aryl methyl sites for hydroxylation is 1. The van der Waals surface area contributed by atoms with Gasteiger partial charge in [-0.1, -0.05) is 11.8 Å². The number of rotatable bonds is 3. The molecule has 1 aromatic heterocycles. The van der Waals surface area contributed by atoms with Gasteiger partial charge in [-0.25, -0.2) is 9.37 Å². The summed E-state index contributed by atoms with van der Waals surface area (Å²) in [5.74, 6) is 4.51. The summed E-state index contributed by atoms with van der Waals surface area (Å²) in [6.07, 6.45) is 1.94. The van der Waals surface area contributed by atoms with Crippen LogP contribution in [0.25, 0.3) is 0 Å². The van der Waals surface area contributed by atoms with Crippen molar-refractivity contribution in [2.45, 2.75) is 13.3 Å². The Balaban J connectivity index is 2.26. The molecule has 2 N–H and O–H groups in total. The van der Waals surface area contributed by atoms with Gasteiger partial charge in [-0.05, 0) is 25.1 Å². The highest BCUT2D eigenvalue weighted by molar-refractivity contribution is 7.15. The van der Waals surface area contributed by atoms with Crippen LogP contribution in [0.3, 0.4) is 0 Å². The largest absolute Gasteiger partial charge is 0.395 e. The maximum Gasteiger partial charge on any atom is 0.258 e. The molecule has 0 spiro atoms. The van der Waals surface area contributed by atoms with E-state index in [1.54, 1.807) is 6.20 Å². The highest BCUT2D eigenvalue weighted by atomic mass is 32.1. The standard InChI is InChI=1S/C15H13FN2O2S/c1-10-9-17-15(21-10)18-14(20)13-8-12(16)6-5-11(13)4-2-3-7-19/h5-6,8-9,19H,3,7H2,1H3,(H,17,18,20). The van der Waals surface area contributed by atoms with Crippen molar-refractivity contribution in [1.82, 2.24) is 4.98 Å². The molecule has 2 aromatic rings. The number of halogens is 1. The summed E-state index contributed by atoms with van der Waals surface area (Å²) < 4.78 is 13.4. The van der Waals surface area contributed by atoms with Crippen molar-refractivity contribution >= 4 is 22.4 Å². The van der Waals surface area contributed by atoms with E-state index in [-0.39, 0.29) is 12.2 Å². The number of hydrogen-bond acceptors (Lipinski definition) is 4. The smallest absolute Gasteiger partial charge is 0.258 e. The van der Waals surface area contributed by atoms with Gasteiger partial charge in [0.15, 0.2) is 5.13 Å². The van der Waals surface area contributed by atoms with E-state index in [0.717, 1.165) is 10.9 Å². The Hall–Kier alpha value is -2.23. The summed E-state index contributed by atoms with van der Waals surface area (Å²) in [6, 6.07) is 3.83. The van der Waals surface area contributed by atoms with E-state index in [1.165, 1.54) is 23.5 Å². The van der Waals surface area contributed by atoms with Crippen LogP contribution in [0.5, 0.6) is 0 Å². The molecule has 0 unspecified atom stereocenters. The molecule has 0 bridgehead atoms. The van der Waals surface area contributed by atoms with Gasteiger partial charge in [-0.15, -0.1) is 11.3 Å². The molecule has 0 aliphatic rings. The average Bonchev–Trinajstić information content (AvgIpc) is 2.86. The molecule has 21 heavy (non-hydrogen) atoms. The molecule has 0 atom stereocenters. The first-order valence-electron chi connectivity index (χ1n) is 6.23. The van der Waals surface area contributed by atoms with Gasteiger partial charge < -0.3 is 5.11 Å². The number of hydrogen-bond donors (Lipinski definition) is 2. The van der Waals surface area contributed by atoms with E-state index >= 15 is 0 Å². The number of benzene rings is 1. The Kier molecular flexibility index (Phi) is 5.04. The zero-order chi connectivity index (χ0) is 15.2. The second-order valence-corrected chi connectivity index (χ2v) is 5.43. The zero-order valence-electron chi connectivity index (χ0n) is 11.3. The van der Waals surface area contributed by atoms with Gasteiger partial charge in [0.1, 0.15) is 5.82 Å². The third kappa shape index (κ3) is 4.12. The molecule has 4 nitrogen and oxygen atoms in total. The van der Waals surface area contributed by atoms with Crippen molar-refractivity contribution in [2.75, 3.05) is 11.9 Å². The third-order valence-electron chi connectivity index (χ3n) is 2.53. The molecule has 1 amide bonds. The van der Waals surface area contributed by atoms with Gasteiger partial charge in [0.2, 0.25) is 0 Å². The highest BCUT2D eigenvalue weighted by Crippen LogP contribution is 2.19. The first-order valence-corrected chi connectivity index (χ1v) is 7.05. The van der Waals surface area contributed by atoms with Crippen molar-refractivity contribution in [3.63, 3.8) is 0 Å². The Labute approximate surface area is 125 Å². The van der Waals surface area contributed by atoms with Gasteiger partial charge in [-0.2, -0.15) is 0 Å². The molecular formula is C15H13FN2O2S. The minimum absolute atomic E-state index is 0.0614. The second kappa shape index (κ2) is 6.97. The van der Waals surface area contributed by atoms with Crippen molar-refractivity contribution in [3.8, 4) is 11.8 Å². The summed E-state index contributed by atoms with van der Waals surface area (Å²) in [4.78, 5) is 17.2. The molecule has 1 aromatic carbocycles. The summed E-state index contributed by atoms with van der Waals surface area (Å²) in [5, 5.41) is 11.8. The van der Waals surface area contributed by atoms with Crippen LogP contribution in [0, 0.1) is 24.6 Å². The summed E-state index contributed by atoms with van der Waals surface area (Å²) in [5.41, 5.74) is 0.559. The fourth-order valence-electron chi connectivity index (χ4n) is 1.60. The maximum absolute atomic E-state index is 13.4. The Morgan fingerprint density at radius 1 is 1.52 bits per heavy atom. The maximum atomic E-state index is 13.4. The van der Waals surface area contributed by atoms with E-state index in [4.69, 9.17) is 5.11 Å². The lowest BCUT2D eigenvalue weighted by atomic mass is 10.1. The van der Waals surface area contributed by atoms with Crippen molar-refractivity contribution in [3.05, 3.63) is 46.2 Å². The van der Waals surface area contributed by atoms with Crippen molar-refractivity contribution in [1.29, 1.82) is 0 Å². The lowest BCUT2D eigenvalue weighted by Crippen LogP contribution is -2.13. The normalized spacial score (nSPS) is 9.86. The molecule has 0 aliphatic carbocycles. The van der Waals surface area contributed by atoms with Crippen LogP contribution in [0.4, 0.5) is 9.52 Å². The molecule has 1 heterocycles. The quantitative estimate of drug-likeness (QED) is 0.857. The number of nitrogens with one attached hydrogen (secondary N) is 1. The van der Waals surface area contributed by atoms with Gasteiger partial charge >= 0.3 is 0 Å². The summed E-state index contributed by atoms with van der Waals surface area (Å²) in [6.45, 7) is 1.81. The number of aromatic nitrogens is 1. The van der Waals surface area contributed by atoms with Crippen LogP contribution >= 0.6 is 11.3 Å². The Morgan fingerprint density at radius 2 is 2.33 bits per heavy atom. The zero-order valence-corrected chi connectivity index (χ0v) is 12.1. The molecule has 0 saturated carbocycles. The second-order valence-electron chi connectivity index (χ2n) is 4.20. The lowest BCUT2D eigenvalue weighted by molar-refractivity contribution is 0.102. The summed E-state index contributed by atoms with van der Waals surface area (Å²) >= 11 is 1.34. The van der Waals surface area contributed by atoms with E-state index in [0.29, 0.717) is 17.1 Å². The Morgan fingerprint density at radius 3 is 3.00 bits per heavy atom. The fraction of sp³-hybridized carbons (Fsp3) is 0.200. The lowest BCUT2D eigenvalue weighted by Gasteiger charge is -2.04. The summed E-state index contributed by atoms with van der Waals surface area (Å²) in [7, 11) is 0. The average molecular weight is 304 g/mol. The number of aliphatic hydroxyl groups excluding tert-OH is 1. The number of carbonyl (C=O) groups is 1. The van der Waals surface area contributed by atoms with Crippen LogP contribution in [0.15, 0.2) is 24.4 Å². The topological polar surface area (TPSA) is 62.2 Å². The minimum atomic E-state index is -0.511. The first-order chi connectivity index (χ1) is 10.1. The Bertz CT molecular complexity index is 716. The monoisotopic (exact) mass is 304 g/mol. The predicted molar refractivity (Wildman–Crippen MR) is 79.8 cm³/mol. The third-order valence-corrected chi connectivity index (χ3v) is 3.36. The molecule has 6 heteroatoms. The van der Waals surface area contributed by atoms with Crippen LogP contribution in [-0.2, 0) is 0 Å². The predicted octanol–water partition coefficient (Wildman–Crippen LogP) is 2.58. The van der Waals surface area contributed by atoms with Crippen LogP contribution in [0.1, 0.15) is 27.2 Å². The number of aliphatic hydroxyl groups is 1. The number of amides is 1. The molecule has 2 rings (SSSR count). The van der Waals surface area contributed by atoms with E-state index in [1.807, 2.05) is 6.92 Å². The number of thiazole rings is 1. The van der Waals surface area contributed by atoms with E-state index < -0.39 is 11.7 Å². The number of carbonyl (C=O) groups excluding carboxylic acids is 1. The fourth-order valence-corrected chi connectivity index (χ4v) is 2.26. The SMILES string of the molecule is Cc1cnc(NC(=O)c2cc(F)ccc2C#CCCO)s1. The minimum Gasteiger partial charge on any atom is -0.395 e. The number of nitrogens with zero attached hydrogens (tertiary/aromatic N) is 1. The van der Waals surface area contributed by atoms with Gasteiger partial charge in [0, 0.05) is 23.1 Å². The van der Waals surface area contributed by atoms with E-state index in [2.05, 4.69) is 22.1 Å². The molecule has 108 valence electrons. The van der Waals surface area contributed by atoms with Crippen molar-refractivity contribution in [2.24, 2.45) is 0 Å². The van der Waals surface area contributed by atoms with Crippen LogP contribution in [0.2, 0.25) is 0 Å².